The predicted molar refractivity (Wildman–Crippen MR) is 125 cm³/mol. The lowest BCUT2D eigenvalue weighted by Crippen LogP contribution is -2.71. The van der Waals surface area contributed by atoms with Gasteiger partial charge in [0, 0.05) is 31.5 Å². The molecule has 176 valence electrons. The number of pyridine rings is 2. The Bertz CT molecular complexity index is 1310. The molecule has 5 heterocycles. The number of nitrogens with one attached hydrogen (secondary N) is 3. The van der Waals surface area contributed by atoms with Gasteiger partial charge >= 0.3 is 6.03 Å². The van der Waals surface area contributed by atoms with E-state index in [0.717, 1.165) is 16.9 Å². The zero-order valence-electron chi connectivity index (χ0n) is 18.5. The minimum Gasteiger partial charge on any atom is -0.439 e. The number of hydrazine groups is 1. The lowest BCUT2D eigenvalue weighted by atomic mass is 9.92. The average molecular weight is 471 g/mol. The monoisotopic (exact) mass is 471 g/mol. The largest absolute Gasteiger partial charge is 0.439 e. The van der Waals surface area contributed by atoms with Crippen LogP contribution in [0.25, 0.3) is 0 Å². The minimum absolute atomic E-state index is 0.315. The van der Waals surface area contributed by atoms with Crippen molar-refractivity contribution >= 4 is 34.9 Å². The fourth-order valence-corrected chi connectivity index (χ4v) is 4.86. The van der Waals surface area contributed by atoms with Gasteiger partial charge in [-0.15, -0.1) is 0 Å². The fraction of sp³-hybridized carbons (Fsp3) is 0.208. The molecule has 3 aliphatic heterocycles. The molecule has 35 heavy (non-hydrogen) atoms. The Hall–Kier alpha value is -4.51. The number of imide groups is 2. The SMILES string of the molecule is O=C1NC(=O)C2(CCCN2c2ccc(Oc3ccc4c(c3)CNN4c3ccncc3)nc2)C(=O)N1. The van der Waals surface area contributed by atoms with Gasteiger partial charge in [0.05, 0.1) is 23.3 Å². The third-order valence-corrected chi connectivity index (χ3v) is 6.48. The van der Waals surface area contributed by atoms with Gasteiger partial charge in [0.2, 0.25) is 5.88 Å². The van der Waals surface area contributed by atoms with Crippen molar-refractivity contribution < 1.29 is 19.1 Å². The number of hydrogen-bond donors (Lipinski definition) is 3. The summed E-state index contributed by atoms with van der Waals surface area (Å²) < 4.78 is 5.97. The summed E-state index contributed by atoms with van der Waals surface area (Å²) in [6.45, 7) is 1.15. The van der Waals surface area contributed by atoms with Gasteiger partial charge in [-0.3, -0.25) is 30.2 Å². The number of nitrogens with zero attached hydrogens (tertiary/aromatic N) is 4. The summed E-state index contributed by atoms with van der Waals surface area (Å²) in [5, 5.41) is 6.43. The first-order chi connectivity index (χ1) is 17.0. The van der Waals surface area contributed by atoms with Gasteiger partial charge < -0.3 is 9.64 Å². The number of urea groups is 1. The summed E-state index contributed by atoms with van der Waals surface area (Å²) in [6.07, 6.45) is 6.01. The van der Waals surface area contributed by atoms with E-state index in [9.17, 15) is 14.4 Å². The minimum atomic E-state index is -1.45. The van der Waals surface area contributed by atoms with Crippen molar-refractivity contribution in [2.45, 2.75) is 24.9 Å². The summed E-state index contributed by atoms with van der Waals surface area (Å²) in [6, 6.07) is 12.3. The third-order valence-electron chi connectivity index (χ3n) is 6.48. The van der Waals surface area contributed by atoms with Gasteiger partial charge in [-0.25, -0.2) is 15.2 Å². The van der Waals surface area contributed by atoms with Crippen LogP contribution in [0.1, 0.15) is 18.4 Å². The maximum Gasteiger partial charge on any atom is 0.328 e. The van der Waals surface area contributed by atoms with Crippen LogP contribution in [0.2, 0.25) is 0 Å². The van der Waals surface area contributed by atoms with Crippen molar-refractivity contribution in [2.75, 3.05) is 16.5 Å². The van der Waals surface area contributed by atoms with Gasteiger partial charge in [-0.2, -0.15) is 0 Å². The van der Waals surface area contributed by atoms with Crippen molar-refractivity contribution in [3.63, 3.8) is 0 Å². The summed E-state index contributed by atoms with van der Waals surface area (Å²) in [5.74, 6) is -0.204. The predicted octanol–water partition coefficient (Wildman–Crippen LogP) is 2.13. The number of benzene rings is 1. The normalized spacial score (nSPS) is 18.5. The Morgan fingerprint density at radius 1 is 0.943 bits per heavy atom. The van der Waals surface area contributed by atoms with Crippen LogP contribution in [0, 0.1) is 0 Å². The molecule has 1 spiro atoms. The smallest absolute Gasteiger partial charge is 0.328 e. The zero-order chi connectivity index (χ0) is 24.0. The number of amides is 4. The van der Waals surface area contributed by atoms with Gasteiger partial charge in [0.1, 0.15) is 5.75 Å². The van der Waals surface area contributed by atoms with E-state index >= 15 is 0 Å². The van der Waals surface area contributed by atoms with E-state index in [-0.39, 0.29) is 0 Å². The van der Waals surface area contributed by atoms with Crippen molar-refractivity contribution in [1.82, 2.24) is 26.0 Å². The Morgan fingerprint density at radius 2 is 1.74 bits per heavy atom. The first-order valence-electron chi connectivity index (χ1n) is 11.2. The molecule has 6 rings (SSSR count). The molecule has 0 unspecified atom stereocenters. The number of carbonyl (C=O) groups is 3. The van der Waals surface area contributed by atoms with E-state index in [1.165, 1.54) is 0 Å². The Balaban J connectivity index is 1.20. The van der Waals surface area contributed by atoms with Crippen LogP contribution in [-0.4, -0.2) is 39.9 Å². The molecular weight excluding hydrogens is 450 g/mol. The Morgan fingerprint density at radius 3 is 2.49 bits per heavy atom. The maximum atomic E-state index is 12.6. The van der Waals surface area contributed by atoms with Gasteiger partial charge in [-0.1, -0.05) is 0 Å². The highest BCUT2D eigenvalue weighted by Gasteiger charge is 2.57. The van der Waals surface area contributed by atoms with E-state index < -0.39 is 23.4 Å². The van der Waals surface area contributed by atoms with Crippen LogP contribution in [0.5, 0.6) is 11.6 Å². The quantitative estimate of drug-likeness (QED) is 0.490. The molecule has 2 fully saturated rings. The van der Waals surface area contributed by atoms with Crippen molar-refractivity contribution in [1.29, 1.82) is 0 Å². The van der Waals surface area contributed by atoms with Crippen LogP contribution >= 0.6 is 0 Å². The molecule has 4 amide bonds. The van der Waals surface area contributed by atoms with E-state index in [2.05, 4.69) is 26.0 Å². The molecule has 0 radical (unpaired) electrons. The second-order valence-corrected chi connectivity index (χ2v) is 8.48. The molecule has 11 nitrogen and oxygen atoms in total. The second kappa shape index (κ2) is 8.06. The molecule has 2 aromatic heterocycles. The zero-order valence-corrected chi connectivity index (χ0v) is 18.5. The molecule has 3 N–H and O–H groups in total. The second-order valence-electron chi connectivity index (χ2n) is 8.48. The highest BCUT2D eigenvalue weighted by molar-refractivity contribution is 6.24. The number of rotatable bonds is 4. The molecule has 0 atom stereocenters. The number of ether oxygens (including phenoxy) is 1. The molecule has 2 saturated heterocycles. The number of carbonyl (C=O) groups excluding carboxylic acids is 3. The van der Waals surface area contributed by atoms with Crippen LogP contribution in [0.4, 0.5) is 21.9 Å². The van der Waals surface area contributed by atoms with Gasteiger partial charge in [0.15, 0.2) is 5.54 Å². The number of anilines is 3. The standard InChI is InChI=1S/C24H21N7O4/c32-21-24(22(33)29-23(34)28-21)8-1-11-30(24)17-2-5-20(26-14-17)35-18-3-4-19-15(12-18)13-27-31(19)16-6-9-25-10-7-16/h2-7,9-10,12,14,27H,1,8,11,13H2,(H2,28,29,32,33,34). The summed E-state index contributed by atoms with van der Waals surface area (Å²) >= 11 is 0. The topological polar surface area (TPSA) is 129 Å². The van der Waals surface area contributed by atoms with Crippen LogP contribution in [0.3, 0.4) is 0 Å². The molecule has 11 heteroatoms. The van der Waals surface area contributed by atoms with Crippen molar-refractivity contribution in [3.8, 4) is 11.6 Å². The Labute approximate surface area is 200 Å². The van der Waals surface area contributed by atoms with Crippen LogP contribution < -0.4 is 30.7 Å². The lowest BCUT2D eigenvalue weighted by molar-refractivity contribution is -0.137. The molecule has 3 aliphatic rings. The summed E-state index contributed by atoms with van der Waals surface area (Å²) in [5.41, 5.74) is 5.61. The van der Waals surface area contributed by atoms with Crippen LogP contribution in [0.15, 0.2) is 61.1 Å². The molecule has 3 aromatic rings. The molecule has 1 aromatic carbocycles. The average Bonchev–Trinajstić information content (AvgIpc) is 3.49. The van der Waals surface area contributed by atoms with E-state index in [1.54, 1.807) is 35.6 Å². The van der Waals surface area contributed by atoms with Crippen molar-refractivity contribution in [3.05, 3.63) is 66.6 Å². The van der Waals surface area contributed by atoms with E-state index in [0.29, 0.717) is 43.2 Å². The molecule has 0 saturated carbocycles. The molecule has 0 aliphatic carbocycles. The number of hydrogen-bond acceptors (Lipinski definition) is 9. The fourth-order valence-electron chi connectivity index (χ4n) is 4.86. The number of barbiturate groups is 1. The summed E-state index contributed by atoms with van der Waals surface area (Å²) in [4.78, 5) is 47.0. The van der Waals surface area contributed by atoms with E-state index in [1.807, 2.05) is 35.3 Å². The third kappa shape index (κ3) is 3.44. The lowest BCUT2D eigenvalue weighted by Gasteiger charge is -2.38. The molecule has 0 bridgehead atoms. The first-order valence-corrected chi connectivity index (χ1v) is 11.2. The summed E-state index contributed by atoms with van der Waals surface area (Å²) in [7, 11) is 0. The van der Waals surface area contributed by atoms with Crippen molar-refractivity contribution in [2.24, 2.45) is 0 Å². The number of fused-ring (bicyclic) bond motifs is 1. The first kappa shape index (κ1) is 21.1. The van der Waals surface area contributed by atoms with Gasteiger partial charge in [-0.05, 0) is 54.8 Å². The number of aromatic nitrogens is 2. The Kier molecular flexibility index (Phi) is 4.85. The molecular formula is C24H21N7O4. The maximum absolute atomic E-state index is 12.6. The van der Waals surface area contributed by atoms with E-state index in [4.69, 9.17) is 4.74 Å². The highest BCUT2D eigenvalue weighted by Crippen LogP contribution is 2.37. The van der Waals surface area contributed by atoms with Gasteiger partial charge in [0.25, 0.3) is 11.8 Å². The highest BCUT2D eigenvalue weighted by atomic mass is 16.5. The van der Waals surface area contributed by atoms with Crippen LogP contribution in [-0.2, 0) is 16.1 Å².